The number of carbonyl (C=O) groups is 2. The summed E-state index contributed by atoms with van der Waals surface area (Å²) in [7, 11) is 0. The number of benzene rings is 2. The van der Waals surface area contributed by atoms with Crippen LogP contribution in [-0.4, -0.2) is 61.0 Å². The van der Waals surface area contributed by atoms with E-state index in [0.29, 0.717) is 50.6 Å². The molecule has 1 unspecified atom stereocenters. The van der Waals surface area contributed by atoms with Crippen molar-refractivity contribution in [2.75, 3.05) is 44.7 Å². The monoisotopic (exact) mass is 425 g/mol. The predicted molar refractivity (Wildman–Crippen MR) is 116 cm³/mol. The molecule has 0 saturated carbocycles. The minimum absolute atomic E-state index is 0.0639. The van der Waals surface area contributed by atoms with Crippen molar-refractivity contribution < 1.29 is 18.7 Å². The first-order chi connectivity index (χ1) is 15.1. The van der Waals surface area contributed by atoms with Crippen LogP contribution < -0.4 is 5.32 Å². The van der Waals surface area contributed by atoms with E-state index in [1.807, 2.05) is 12.1 Å². The molecule has 2 amide bonds. The molecule has 4 rings (SSSR count). The van der Waals surface area contributed by atoms with Crippen LogP contribution in [0.5, 0.6) is 0 Å². The summed E-state index contributed by atoms with van der Waals surface area (Å²) in [6.07, 6.45) is 1.74. The number of nitrogens with zero attached hydrogens (tertiary/aromatic N) is 2. The largest absolute Gasteiger partial charge is 0.378 e. The molecule has 2 aromatic rings. The van der Waals surface area contributed by atoms with E-state index in [4.69, 9.17) is 4.74 Å². The first kappa shape index (κ1) is 21.5. The molecule has 0 radical (unpaired) electrons. The standard InChI is InChI=1S/C24H28FN3O3/c25-20-9-7-18(8-10-20)16-27-11-3-4-19(17-27)23(29)26-22-6-2-1-5-21(22)24(30)28-12-14-31-15-13-28/h1-2,5-10,19H,3-4,11-17H2,(H,26,29). The first-order valence-corrected chi connectivity index (χ1v) is 10.8. The number of morpholine rings is 1. The van der Waals surface area contributed by atoms with Gasteiger partial charge in [-0.3, -0.25) is 14.5 Å². The van der Waals surface area contributed by atoms with E-state index in [1.165, 1.54) is 12.1 Å². The molecule has 31 heavy (non-hydrogen) atoms. The van der Waals surface area contributed by atoms with E-state index in [2.05, 4.69) is 10.2 Å². The van der Waals surface area contributed by atoms with Gasteiger partial charge in [-0.25, -0.2) is 4.39 Å². The number of ether oxygens (including phenoxy) is 1. The van der Waals surface area contributed by atoms with E-state index in [-0.39, 0.29) is 23.5 Å². The highest BCUT2D eigenvalue weighted by atomic mass is 19.1. The number of para-hydroxylation sites is 1. The third-order valence-electron chi connectivity index (χ3n) is 5.91. The summed E-state index contributed by atoms with van der Waals surface area (Å²) < 4.78 is 18.5. The molecule has 0 spiro atoms. The third kappa shape index (κ3) is 5.48. The SMILES string of the molecule is O=C(Nc1ccccc1C(=O)N1CCOCC1)C1CCCN(Cc2ccc(F)cc2)C1. The minimum atomic E-state index is -0.245. The normalized spacial score (nSPS) is 19.8. The second-order valence-electron chi connectivity index (χ2n) is 8.14. The van der Waals surface area contributed by atoms with Gasteiger partial charge in [0.15, 0.2) is 0 Å². The van der Waals surface area contributed by atoms with Crippen molar-refractivity contribution >= 4 is 17.5 Å². The van der Waals surface area contributed by atoms with Gasteiger partial charge >= 0.3 is 0 Å². The Morgan fingerprint density at radius 1 is 1.03 bits per heavy atom. The van der Waals surface area contributed by atoms with Crippen molar-refractivity contribution in [1.29, 1.82) is 0 Å². The molecule has 2 aliphatic rings. The first-order valence-electron chi connectivity index (χ1n) is 10.8. The average molecular weight is 426 g/mol. The summed E-state index contributed by atoms with van der Waals surface area (Å²) in [5, 5.41) is 3.00. The fraction of sp³-hybridized carbons (Fsp3) is 0.417. The molecule has 2 aromatic carbocycles. The third-order valence-corrected chi connectivity index (χ3v) is 5.91. The lowest BCUT2D eigenvalue weighted by atomic mass is 9.96. The highest BCUT2D eigenvalue weighted by molar-refractivity contribution is 6.04. The fourth-order valence-electron chi connectivity index (χ4n) is 4.21. The smallest absolute Gasteiger partial charge is 0.256 e. The number of carbonyl (C=O) groups excluding carboxylic acids is 2. The number of piperidine rings is 1. The number of rotatable bonds is 5. The van der Waals surface area contributed by atoms with E-state index in [1.54, 1.807) is 29.2 Å². The van der Waals surface area contributed by atoms with Gasteiger partial charge < -0.3 is 15.0 Å². The number of amides is 2. The molecule has 6 nitrogen and oxygen atoms in total. The van der Waals surface area contributed by atoms with Crippen LogP contribution >= 0.6 is 0 Å². The molecule has 0 aliphatic carbocycles. The molecular formula is C24H28FN3O3. The quantitative estimate of drug-likeness (QED) is 0.800. The molecule has 2 aliphatic heterocycles. The van der Waals surface area contributed by atoms with E-state index in [9.17, 15) is 14.0 Å². The van der Waals surface area contributed by atoms with Crippen molar-refractivity contribution in [3.63, 3.8) is 0 Å². The summed E-state index contributed by atoms with van der Waals surface area (Å²) in [4.78, 5) is 30.0. The van der Waals surface area contributed by atoms with Crippen molar-refractivity contribution in [2.45, 2.75) is 19.4 Å². The fourth-order valence-corrected chi connectivity index (χ4v) is 4.21. The Hall–Kier alpha value is -2.77. The lowest BCUT2D eigenvalue weighted by Crippen LogP contribution is -2.42. The van der Waals surface area contributed by atoms with Gasteiger partial charge in [0.05, 0.1) is 30.4 Å². The van der Waals surface area contributed by atoms with E-state index in [0.717, 1.165) is 24.9 Å². The molecule has 0 bridgehead atoms. The van der Waals surface area contributed by atoms with Crippen molar-refractivity contribution in [1.82, 2.24) is 9.80 Å². The van der Waals surface area contributed by atoms with Crippen LogP contribution in [0.4, 0.5) is 10.1 Å². The molecule has 7 heteroatoms. The minimum Gasteiger partial charge on any atom is -0.378 e. The van der Waals surface area contributed by atoms with Crippen LogP contribution in [0.15, 0.2) is 48.5 Å². The Morgan fingerprint density at radius 2 is 1.77 bits per heavy atom. The Morgan fingerprint density at radius 3 is 2.55 bits per heavy atom. The van der Waals surface area contributed by atoms with Crippen LogP contribution in [0.25, 0.3) is 0 Å². The maximum absolute atomic E-state index is 13.1. The summed E-state index contributed by atoms with van der Waals surface area (Å²) >= 11 is 0. The Labute approximate surface area is 182 Å². The Balaban J connectivity index is 1.39. The Bertz CT molecular complexity index is 913. The van der Waals surface area contributed by atoms with Crippen molar-refractivity contribution in [3.05, 3.63) is 65.5 Å². The molecule has 1 atom stereocenters. The molecule has 2 fully saturated rings. The highest BCUT2D eigenvalue weighted by Gasteiger charge is 2.27. The zero-order chi connectivity index (χ0) is 21.6. The number of likely N-dealkylation sites (tertiary alicyclic amines) is 1. The second kappa shape index (κ2) is 10.0. The Kier molecular flexibility index (Phi) is 6.94. The lowest BCUT2D eigenvalue weighted by Gasteiger charge is -2.32. The van der Waals surface area contributed by atoms with Gasteiger partial charge in [-0.05, 0) is 49.2 Å². The van der Waals surface area contributed by atoms with Crippen LogP contribution in [0, 0.1) is 11.7 Å². The van der Waals surface area contributed by atoms with Crippen LogP contribution in [0.3, 0.4) is 0 Å². The van der Waals surface area contributed by atoms with Gasteiger partial charge in [-0.1, -0.05) is 24.3 Å². The lowest BCUT2D eigenvalue weighted by molar-refractivity contribution is -0.121. The number of hydrogen-bond acceptors (Lipinski definition) is 4. The number of halogens is 1. The molecule has 2 heterocycles. The van der Waals surface area contributed by atoms with E-state index < -0.39 is 0 Å². The zero-order valence-electron chi connectivity index (χ0n) is 17.6. The molecule has 0 aromatic heterocycles. The summed E-state index contributed by atoms with van der Waals surface area (Å²) in [5.41, 5.74) is 2.10. The second-order valence-corrected chi connectivity index (χ2v) is 8.14. The maximum Gasteiger partial charge on any atom is 0.256 e. The van der Waals surface area contributed by atoms with Crippen molar-refractivity contribution in [3.8, 4) is 0 Å². The maximum atomic E-state index is 13.1. The average Bonchev–Trinajstić information content (AvgIpc) is 2.81. The molecule has 1 N–H and O–H groups in total. The van der Waals surface area contributed by atoms with Gasteiger partial charge in [-0.15, -0.1) is 0 Å². The van der Waals surface area contributed by atoms with Crippen LogP contribution in [0.1, 0.15) is 28.8 Å². The summed E-state index contributed by atoms with van der Waals surface area (Å²) in [6.45, 7) is 4.43. The van der Waals surface area contributed by atoms with Gasteiger partial charge in [0.25, 0.3) is 5.91 Å². The summed E-state index contributed by atoms with van der Waals surface area (Å²) in [5.74, 6) is -0.544. The zero-order valence-corrected chi connectivity index (χ0v) is 17.6. The summed E-state index contributed by atoms with van der Waals surface area (Å²) in [6, 6.07) is 13.7. The molecule has 164 valence electrons. The van der Waals surface area contributed by atoms with E-state index >= 15 is 0 Å². The van der Waals surface area contributed by atoms with Gasteiger partial charge in [-0.2, -0.15) is 0 Å². The van der Waals surface area contributed by atoms with Gasteiger partial charge in [0, 0.05) is 26.2 Å². The van der Waals surface area contributed by atoms with Gasteiger partial charge in [0.2, 0.25) is 5.91 Å². The highest BCUT2D eigenvalue weighted by Crippen LogP contribution is 2.23. The van der Waals surface area contributed by atoms with Crippen molar-refractivity contribution in [2.24, 2.45) is 5.92 Å². The molecular weight excluding hydrogens is 397 g/mol. The molecule has 2 saturated heterocycles. The van der Waals surface area contributed by atoms with Gasteiger partial charge in [0.1, 0.15) is 5.82 Å². The predicted octanol–water partition coefficient (Wildman–Crippen LogP) is 3.15. The number of hydrogen-bond donors (Lipinski definition) is 1. The van der Waals surface area contributed by atoms with Crippen LogP contribution in [0.2, 0.25) is 0 Å². The number of anilines is 1. The number of nitrogens with one attached hydrogen (secondary N) is 1. The topological polar surface area (TPSA) is 61.9 Å². The van der Waals surface area contributed by atoms with Crippen LogP contribution in [-0.2, 0) is 16.1 Å².